The Morgan fingerprint density at radius 1 is 1.30 bits per heavy atom. The summed E-state index contributed by atoms with van der Waals surface area (Å²) in [4.78, 5) is 32.5. The van der Waals surface area contributed by atoms with Crippen LogP contribution in [0.3, 0.4) is 0 Å². The molecule has 1 aliphatic rings. The van der Waals surface area contributed by atoms with Gasteiger partial charge in [-0.3, -0.25) is 14.2 Å². The molecule has 5 nitrogen and oxygen atoms in total. The van der Waals surface area contributed by atoms with Gasteiger partial charge in [-0.1, -0.05) is 31.5 Å². The number of aryl methyl sites for hydroxylation is 2. The van der Waals surface area contributed by atoms with Gasteiger partial charge in [0.1, 0.15) is 4.83 Å². The van der Waals surface area contributed by atoms with Crippen LogP contribution >= 0.6 is 23.1 Å². The Morgan fingerprint density at radius 3 is 2.78 bits per heavy atom. The van der Waals surface area contributed by atoms with Crippen LogP contribution in [0.1, 0.15) is 63.8 Å². The Hall–Kier alpha value is -1.34. The second-order valence-corrected chi connectivity index (χ2v) is 10.2. The first-order valence-electron chi connectivity index (χ1n) is 9.79. The van der Waals surface area contributed by atoms with Crippen LogP contribution < -0.4 is 10.9 Å². The summed E-state index contributed by atoms with van der Waals surface area (Å²) >= 11 is 3.03. The molecule has 7 heteroatoms. The molecule has 0 saturated heterocycles. The Kier molecular flexibility index (Phi) is 6.31. The van der Waals surface area contributed by atoms with E-state index in [4.69, 9.17) is 4.98 Å². The van der Waals surface area contributed by atoms with Gasteiger partial charge in [-0.15, -0.1) is 11.3 Å². The number of carbonyl (C=O) groups is 1. The molecule has 0 spiro atoms. The van der Waals surface area contributed by atoms with E-state index in [0.29, 0.717) is 11.7 Å². The van der Waals surface area contributed by atoms with E-state index < -0.39 is 0 Å². The first-order chi connectivity index (χ1) is 12.8. The second-order valence-electron chi connectivity index (χ2n) is 8.18. The molecule has 2 aromatic rings. The monoisotopic (exact) mass is 407 g/mol. The average Bonchev–Trinajstić information content (AvgIpc) is 3.14. The van der Waals surface area contributed by atoms with Crippen LogP contribution in [0.15, 0.2) is 9.95 Å². The van der Waals surface area contributed by atoms with Gasteiger partial charge in [0.2, 0.25) is 5.91 Å². The topological polar surface area (TPSA) is 64.0 Å². The maximum absolute atomic E-state index is 13.3. The zero-order valence-electron chi connectivity index (χ0n) is 16.7. The van der Waals surface area contributed by atoms with E-state index >= 15 is 0 Å². The number of hydrogen-bond acceptors (Lipinski definition) is 5. The number of nitrogens with one attached hydrogen (secondary N) is 1. The Labute approximate surface area is 169 Å². The molecule has 0 atom stereocenters. The number of rotatable bonds is 7. The summed E-state index contributed by atoms with van der Waals surface area (Å²) in [5, 5.41) is 4.47. The molecule has 0 aromatic carbocycles. The molecule has 0 aliphatic heterocycles. The lowest BCUT2D eigenvalue weighted by atomic mass is 10.1. The Bertz CT molecular complexity index is 893. The lowest BCUT2D eigenvalue weighted by molar-refractivity contribution is -0.119. The molecule has 0 radical (unpaired) electrons. The first kappa shape index (κ1) is 20.4. The summed E-state index contributed by atoms with van der Waals surface area (Å²) in [5.74, 6) is 0.240. The molecule has 0 saturated carbocycles. The third-order valence-electron chi connectivity index (χ3n) is 4.62. The van der Waals surface area contributed by atoms with E-state index in [2.05, 4.69) is 12.2 Å². The molecule has 0 unspecified atom stereocenters. The third kappa shape index (κ3) is 4.74. The van der Waals surface area contributed by atoms with Crippen molar-refractivity contribution in [2.75, 3.05) is 5.75 Å². The third-order valence-corrected chi connectivity index (χ3v) is 6.78. The largest absolute Gasteiger partial charge is 0.351 e. The molecular weight excluding hydrogens is 378 g/mol. The zero-order valence-corrected chi connectivity index (χ0v) is 18.3. The summed E-state index contributed by atoms with van der Waals surface area (Å²) in [6, 6.07) is 0. The van der Waals surface area contributed by atoms with E-state index in [-0.39, 0.29) is 22.8 Å². The maximum atomic E-state index is 13.3. The number of thiophene rings is 1. The number of thioether (sulfide) groups is 1. The van der Waals surface area contributed by atoms with Gasteiger partial charge in [0.15, 0.2) is 5.16 Å². The fourth-order valence-electron chi connectivity index (χ4n) is 3.47. The average molecular weight is 408 g/mol. The van der Waals surface area contributed by atoms with Gasteiger partial charge in [-0.05, 0) is 52.0 Å². The van der Waals surface area contributed by atoms with Gasteiger partial charge < -0.3 is 5.32 Å². The van der Waals surface area contributed by atoms with Crippen molar-refractivity contribution in [2.45, 2.75) is 83.5 Å². The highest BCUT2D eigenvalue weighted by Gasteiger charge is 2.23. The van der Waals surface area contributed by atoms with Crippen molar-refractivity contribution in [1.82, 2.24) is 14.9 Å². The molecule has 2 aromatic heterocycles. The van der Waals surface area contributed by atoms with Gasteiger partial charge in [0.25, 0.3) is 5.56 Å². The van der Waals surface area contributed by atoms with E-state index in [1.165, 1.54) is 22.2 Å². The van der Waals surface area contributed by atoms with Crippen molar-refractivity contribution >= 4 is 39.2 Å². The molecule has 1 amide bonds. The van der Waals surface area contributed by atoms with Gasteiger partial charge in [-0.25, -0.2) is 4.98 Å². The van der Waals surface area contributed by atoms with E-state index in [1.54, 1.807) is 15.9 Å². The minimum atomic E-state index is -0.260. The van der Waals surface area contributed by atoms with E-state index in [0.717, 1.165) is 48.7 Å². The highest BCUT2D eigenvalue weighted by atomic mass is 32.2. The van der Waals surface area contributed by atoms with E-state index in [9.17, 15) is 9.59 Å². The summed E-state index contributed by atoms with van der Waals surface area (Å²) in [5.41, 5.74) is 1.04. The fourth-order valence-corrected chi connectivity index (χ4v) is 5.60. The van der Waals surface area contributed by atoms with Crippen LogP contribution in [0.4, 0.5) is 0 Å². The standard InChI is InChI=1S/C20H29N3O2S2/c1-5-6-7-11-23-18(25)16-13-9-8-10-14(13)27-17(16)21-19(23)26-12-15(24)22-20(2,3)4/h5-12H2,1-4H3,(H,22,24). The number of hydrogen-bond donors (Lipinski definition) is 1. The second kappa shape index (κ2) is 8.35. The number of unbranched alkanes of at least 4 members (excludes halogenated alkanes) is 2. The van der Waals surface area contributed by atoms with Crippen LogP contribution in [-0.2, 0) is 24.2 Å². The predicted octanol–water partition coefficient (Wildman–Crippen LogP) is 4.14. The van der Waals surface area contributed by atoms with Gasteiger partial charge >= 0.3 is 0 Å². The number of aromatic nitrogens is 2. The first-order valence-corrected chi connectivity index (χ1v) is 11.6. The Balaban J connectivity index is 1.91. The summed E-state index contributed by atoms with van der Waals surface area (Å²) in [7, 11) is 0. The summed E-state index contributed by atoms with van der Waals surface area (Å²) in [6.45, 7) is 8.72. The maximum Gasteiger partial charge on any atom is 0.263 e. The lowest BCUT2D eigenvalue weighted by Gasteiger charge is -2.20. The molecule has 0 fully saturated rings. The molecule has 3 rings (SSSR count). The smallest absolute Gasteiger partial charge is 0.263 e. The van der Waals surface area contributed by atoms with Crippen molar-refractivity contribution in [2.24, 2.45) is 0 Å². The predicted molar refractivity (Wildman–Crippen MR) is 114 cm³/mol. The molecule has 0 bridgehead atoms. The van der Waals surface area contributed by atoms with Crippen molar-refractivity contribution in [1.29, 1.82) is 0 Å². The van der Waals surface area contributed by atoms with Crippen molar-refractivity contribution in [3.05, 3.63) is 20.8 Å². The summed E-state index contributed by atoms with van der Waals surface area (Å²) < 4.78 is 1.80. The quantitative estimate of drug-likeness (QED) is 0.426. The van der Waals surface area contributed by atoms with Gasteiger partial charge in [0.05, 0.1) is 11.1 Å². The van der Waals surface area contributed by atoms with Crippen molar-refractivity contribution < 1.29 is 4.79 Å². The molecule has 148 valence electrons. The van der Waals surface area contributed by atoms with Crippen LogP contribution in [0.2, 0.25) is 0 Å². The summed E-state index contributed by atoms with van der Waals surface area (Å²) in [6.07, 6.45) is 6.33. The number of fused-ring (bicyclic) bond motifs is 3. The number of carbonyl (C=O) groups excluding carboxylic acids is 1. The SMILES string of the molecule is CCCCCn1c(SCC(=O)NC(C)(C)C)nc2sc3c(c2c1=O)CCC3. The number of amides is 1. The van der Waals surface area contributed by atoms with Crippen LogP contribution in [0.5, 0.6) is 0 Å². The molecular formula is C20H29N3O2S2. The van der Waals surface area contributed by atoms with Crippen LogP contribution in [-0.4, -0.2) is 26.8 Å². The number of nitrogens with zero attached hydrogens (tertiary/aromatic N) is 2. The van der Waals surface area contributed by atoms with Gasteiger partial charge in [-0.2, -0.15) is 0 Å². The Morgan fingerprint density at radius 2 is 2.07 bits per heavy atom. The highest BCUT2D eigenvalue weighted by Crippen LogP contribution is 2.35. The van der Waals surface area contributed by atoms with Crippen molar-refractivity contribution in [3.8, 4) is 0 Å². The van der Waals surface area contributed by atoms with Gasteiger partial charge in [0, 0.05) is 17.0 Å². The molecule has 27 heavy (non-hydrogen) atoms. The van der Waals surface area contributed by atoms with Crippen LogP contribution in [0, 0.1) is 0 Å². The van der Waals surface area contributed by atoms with Crippen molar-refractivity contribution in [3.63, 3.8) is 0 Å². The lowest BCUT2D eigenvalue weighted by Crippen LogP contribution is -2.41. The molecule has 1 aliphatic carbocycles. The minimum Gasteiger partial charge on any atom is -0.351 e. The minimum absolute atomic E-state index is 0.0318. The normalized spacial score (nSPS) is 13.9. The van der Waals surface area contributed by atoms with E-state index in [1.807, 2.05) is 20.8 Å². The highest BCUT2D eigenvalue weighted by molar-refractivity contribution is 7.99. The molecule has 1 N–H and O–H groups in total. The van der Waals surface area contributed by atoms with Crippen LogP contribution in [0.25, 0.3) is 10.2 Å². The fraction of sp³-hybridized carbons (Fsp3) is 0.650. The zero-order chi connectivity index (χ0) is 19.6. The molecule has 2 heterocycles.